The van der Waals surface area contributed by atoms with Crippen LogP contribution >= 0.6 is 0 Å². The number of hydrogen-bond acceptors (Lipinski definition) is 3. The van der Waals surface area contributed by atoms with Gasteiger partial charge in [-0.25, -0.2) is 0 Å². The highest BCUT2D eigenvalue weighted by Crippen LogP contribution is 2.42. The van der Waals surface area contributed by atoms with Crippen molar-refractivity contribution in [2.24, 2.45) is 5.92 Å². The lowest BCUT2D eigenvalue weighted by Gasteiger charge is -2.35. The number of hydrogen-bond donors (Lipinski definition) is 1. The zero-order chi connectivity index (χ0) is 19.4. The van der Waals surface area contributed by atoms with Crippen molar-refractivity contribution in [2.45, 2.75) is 43.9 Å². The van der Waals surface area contributed by atoms with Crippen molar-refractivity contribution in [3.63, 3.8) is 0 Å². The topological polar surface area (TPSA) is 77.9 Å². The summed E-state index contributed by atoms with van der Waals surface area (Å²) in [6.07, 6.45) is 4.63. The summed E-state index contributed by atoms with van der Waals surface area (Å²) in [7, 11) is 1.70. The molecule has 0 bridgehead atoms. The van der Waals surface area contributed by atoms with E-state index in [1.807, 2.05) is 30.3 Å². The Morgan fingerprint density at radius 3 is 2.26 bits per heavy atom. The van der Waals surface area contributed by atoms with E-state index in [0.29, 0.717) is 25.9 Å². The molecule has 1 aliphatic heterocycles. The molecule has 1 saturated carbocycles. The summed E-state index contributed by atoms with van der Waals surface area (Å²) >= 11 is 0. The van der Waals surface area contributed by atoms with Crippen LogP contribution in [0.1, 0.15) is 44.1 Å². The number of aliphatic carboxylic acids is 1. The first-order valence-electron chi connectivity index (χ1n) is 9.76. The average molecular weight is 372 g/mol. The molecule has 0 aromatic heterocycles. The maximum atomic E-state index is 13.3. The molecule has 6 heteroatoms. The van der Waals surface area contributed by atoms with Crippen LogP contribution in [-0.2, 0) is 19.8 Å². The third-order valence-corrected chi connectivity index (χ3v) is 6.11. The third kappa shape index (κ3) is 3.99. The highest BCUT2D eigenvalue weighted by atomic mass is 16.4. The number of benzene rings is 1. The molecule has 0 spiro atoms. The molecule has 1 heterocycles. The van der Waals surface area contributed by atoms with Crippen LogP contribution in [-0.4, -0.2) is 59.4 Å². The Balaban J connectivity index is 1.65. The van der Waals surface area contributed by atoms with Crippen LogP contribution < -0.4 is 0 Å². The Kier molecular flexibility index (Phi) is 5.82. The first-order valence-corrected chi connectivity index (χ1v) is 9.76. The Morgan fingerprint density at radius 2 is 1.70 bits per heavy atom. The van der Waals surface area contributed by atoms with E-state index in [-0.39, 0.29) is 24.3 Å². The smallest absolute Gasteiger partial charge is 0.306 e. The minimum Gasteiger partial charge on any atom is -0.481 e. The Hall–Kier alpha value is -2.37. The maximum Gasteiger partial charge on any atom is 0.306 e. The number of piperidine rings is 1. The van der Waals surface area contributed by atoms with Crippen LogP contribution in [0.3, 0.4) is 0 Å². The minimum absolute atomic E-state index is 0.0139. The van der Waals surface area contributed by atoms with Gasteiger partial charge in [-0.15, -0.1) is 0 Å². The molecule has 1 aliphatic carbocycles. The van der Waals surface area contributed by atoms with E-state index in [0.717, 1.165) is 31.2 Å². The second-order valence-electron chi connectivity index (χ2n) is 7.81. The second-order valence-corrected chi connectivity index (χ2v) is 7.81. The van der Waals surface area contributed by atoms with Gasteiger partial charge in [0.05, 0.1) is 17.9 Å². The highest BCUT2D eigenvalue weighted by molar-refractivity contribution is 5.91. The van der Waals surface area contributed by atoms with E-state index in [2.05, 4.69) is 0 Å². The molecule has 1 saturated heterocycles. The van der Waals surface area contributed by atoms with Crippen LogP contribution in [0.4, 0.5) is 0 Å². The van der Waals surface area contributed by atoms with Crippen molar-refractivity contribution in [2.75, 3.05) is 26.7 Å². The van der Waals surface area contributed by atoms with Gasteiger partial charge < -0.3 is 14.9 Å². The number of likely N-dealkylation sites (tertiary alicyclic amines) is 1. The van der Waals surface area contributed by atoms with Gasteiger partial charge in [0.2, 0.25) is 11.8 Å². The largest absolute Gasteiger partial charge is 0.481 e. The van der Waals surface area contributed by atoms with Gasteiger partial charge in [0.15, 0.2) is 0 Å². The van der Waals surface area contributed by atoms with Gasteiger partial charge >= 0.3 is 5.97 Å². The SMILES string of the molecule is CN(CC(=O)N1CCC(C(=O)O)CC1)C(=O)C1(c2ccccc2)CCCC1. The summed E-state index contributed by atoms with van der Waals surface area (Å²) in [5.41, 5.74) is 0.515. The number of likely N-dealkylation sites (N-methyl/N-ethyl adjacent to an activating group) is 1. The van der Waals surface area contributed by atoms with Crippen LogP contribution in [0.2, 0.25) is 0 Å². The number of rotatable bonds is 5. The fourth-order valence-corrected chi connectivity index (χ4v) is 4.48. The first kappa shape index (κ1) is 19.4. The minimum atomic E-state index is -0.791. The molecule has 0 atom stereocenters. The van der Waals surface area contributed by atoms with E-state index in [9.17, 15) is 14.4 Å². The number of amides is 2. The van der Waals surface area contributed by atoms with E-state index >= 15 is 0 Å². The van der Waals surface area contributed by atoms with Crippen LogP contribution in [0.5, 0.6) is 0 Å². The zero-order valence-corrected chi connectivity index (χ0v) is 15.9. The molecule has 6 nitrogen and oxygen atoms in total. The van der Waals surface area contributed by atoms with Crippen LogP contribution in [0, 0.1) is 5.92 Å². The van der Waals surface area contributed by atoms with Crippen LogP contribution in [0.15, 0.2) is 30.3 Å². The lowest BCUT2D eigenvalue weighted by Crippen LogP contribution is -2.49. The predicted octanol–water partition coefficient (Wildman–Crippen LogP) is 2.28. The van der Waals surface area contributed by atoms with Gasteiger partial charge in [-0.05, 0) is 31.2 Å². The molecule has 1 aromatic rings. The molecule has 1 aromatic carbocycles. The van der Waals surface area contributed by atoms with Crippen molar-refractivity contribution in [3.05, 3.63) is 35.9 Å². The van der Waals surface area contributed by atoms with Crippen molar-refractivity contribution in [1.82, 2.24) is 9.80 Å². The van der Waals surface area contributed by atoms with E-state index < -0.39 is 11.4 Å². The quantitative estimate of drug-likeness (QED) is 0.860. The molecule has 2 amide bonds. The summed E-state index contributed by atoms with van der Waals surface area (Å²) in [6.45, 7) is 0.939. The van der Waals surface area contributed by atoms with Gasteiger partial charge in [0, 0.05) is 20.1 Å². The molecule has 0 radical (unpaired) electrons. The first-order chi connectivity index (χ1) is 12.9. The lowest BCUT2D eigenvalue weighted by molar-refractivity contribution is -0.147. The molecule has 146 valence electrons. The monoisotopic (exact) mass is 372 g/mol. The fraction of sp³-hybridized carbons (Fsp3) is 0.571. The maximum absolute atomic E-state index is 13.3. The molecule has 0 unspecified atom stereocenters. The predicted molar refractivity (Wildman–Crippen MR) is 101 cm³/mol. The molecule has 1 N–H and O–H groups in total. The molecular formula is C21H28N2O4. The molecule has 2 fully saturated rings. The van der Waals surface area contributed by atoms with Crippen molar-refractivity contribution in [3.8, 4) is 0 Å². The molecule has 3 rings (SSSR count). The van der Waals surface area contributed by atoms with Gasteiger partial charge in [0.1, 0.15) is 0 Å². The van der Waals surface area contributed by atoms with E-state index in [1.165, 1.54) is 0 Å². The number of carboxylic acids is 1. The summed E-state index contributed by atoms with van der Waals surface area (Å²) in [5.74, 6) is -1.25. The van der Waals surface area contributed by atoms with Gasteiger partial charge in [-0.3, -0.25) is 14.4 Å². The normalized spacial score (nSPS) is 19.7. The Labute approximate surface area is 160 Å². The van der Waals surface area contributed by atoms with Gasteiger partial charge in [-0.1, -0.05) is 43.2 Å². The van der Waals surface area contributed by atoms with Gasteiger partial charge in [0.25, 0.3) is 0 Å². The van der Waals surface area contributed by atoms with Gasteiger partial charge in [-0.2, -0.15) is 0 Å². The lowest BCUT2D eigenvalue weighted by atomic mass is 9.77. The van der Waals surface area contributed by atoms with Crippen molar-refractivity contribution >= 4 is 17.8 Å². The van der Waals surface area contributed by atoms with E-state index in [4.69, 9.17) is 5.11 Å². The summed E-state index contributed by atoms with van der Waals surface area (Å²) in [6, 6.07) is 9.89. The average Bonchev–Trinajstić information content (AvgIpc) is 3.19. The standard InChI is InChI=1S/C21H28N2O4/c1-22(15-18(24)23-13-9-16(10-14-23)19(25)26)20(27)21(11-5-6-12-21)17-7-3-2-4-8-17/h2-4,7-8,16H,5-6,9-15H2,1H3,(H,25,26). The summed E-state index contributed by atoms with van der Waals surface area (Å²) in [5, 5.41) is 9.08. The number of carbonyl (C=O) groups excluding carboxylic acids is 2. The summed E-state index contributed by atoms with van der Waals surface area (Å²) in [4.78, 5) is 40.2. The van der Waals surface area contributed by atoms with E-state index in [1.54, 1.807) is 16.8 Å². The number of nitrogens with zero attached hydrogens (tertiary/aromatic N) is 2. The highest BCUT2D eigenvalue weighted by Gasteiger charge is 2.44. The molecular weight excluding hydrogens is 344 g/mol. The third-order valence-electron chi connectivity index (χ3n) is 6.11. The molecule has 2 aliphatic rings. The summed E-state index contributed by atoms with van der Waals surface area (Å²) < 4.78 is 0. The Morgan fingerprint density at radius 1 is 1.11 bits per heavy atom. The number of carboxylic acid groups (broad SMARTS) is 1. The molecule has 27 heavy (non-hydrogen) atoms. The van der Waals surface area contributed by atoms with Crippen molar-refractivity contribution in [1.29, 1.82) is 0 Å². The zero-order valence-electron chi connectivity index (χ0n) is 15.9. The van der Waals surface area contributed by atoms with Crippen LogP contribution in [0.25, 0.3) is 0 Å². The van der Waals surface area contributed by atoms with Crippen molar-refractivity contribution < 1.29 is 19.5 Å². The second kappa shape index (κ2) is 8.11. The fourth-order valence-electron chi connectivity index (χ4n) is 4.48. The number of carbonyl (C=O) groups is 3. The Bertz CT molecular complexity index is 689.